The van der Waals surface area contributed by atoms with Crippen molar-refractivity contribution in [2.24, 2.45) is 5.92 Å². The standard InChI is InChI=1S/C15H16FN3OS/c16-12-5-3-10(4-6-12)13-9-21-15(19-13)18-8-7-17-14(20)11-1-2-11/h3-6,9,11H,1-2,7-8H2,(H,17,20)(H,18,19). The van der Waals surface area contributed by atoms with E-state index < -0.39 is 0 Å². The predicted molar refractivity (Wildman–Crippen MR) is 81.7 cm³/mol. The largest absolute Gasteiger partial charge is 0.360 e. The number of amides is 1. The maximum atomic E-state index is 12.9. The second kappa shape index (κ2) is 6.22. The van der Waals surface area contributed by atoms with Crippen molar-refractivity contribution in [3.05, 3.63) is 35.5 Å². The molecule has 2 aromatic rings. The zero-order chi connectivity index (χ0) is 14.7. The topological polar surface area (TPSA) is 54.0 Å². The molecule has 0 unspecified atom stereocenters. The third-order valence-electron chi connectivity index (χ3n) is 3.29. The van der Waals surface area contributed by atoms with Gasteiger partial charge >= 0.3 is 0 Å². The van der Waals surface area contributed by atoms with E-state index in [4.69, 9.17) is 0 Å². The Balaban J connectivity index is 1.48. The van der Waals surface area contributed by atoms with E-state index in [1.165, 1.54) is 23.5 Å². The molecule has 0 aliphatic heterocycles. The highest BCUT2D eigenvalue weighted by molar-refractivity contribution is 7.14. The summed E-state index contributed by atoms with van der Waals surface area (Å²) in [6.45, 7) is 1.25. The molecule has 1 aliphatic rings. The van der Waals surface area contributed by atoms with Gasteiger partial charge in [0.1, 0.15) is 5.82 Å². The second-order valence-electron chi connectivity index (χ2n) is 5.04. The highest BCUT2D eigenvalue weighted by atomic mass is 32.1. The predicted octanol–water partition coefficient (Wildman–Crippen LogP) is 2.89. The van der Waals surface area contributed by atoms with Gasteiger partial charge in [-0.05, 0) is 37.1 Å². The SMILES string of the molecule is O=C(NCCNc1nc(-c2ccc(F)cc2)cs1)C1CC1. The molecule has 0 spiro atoms. The molecule has 0 radical (unpaired) electrons. The van der Waals surface area contributed by atoms with Crippen molar-refractivity contribution >= 4 is 22.4 Å². The Bertz CT molecular complexity index is 622. The number of nitrogens with one attached hydrogen (secondary N) is 2. The first-order valence-electron chi connectivity index (χ1n) is 6.95. The van der Waals surface area contributed by atoms with Crippen LogP contribution in [0, 0.1) is 11.7 Å². The molecule has 3 rings (SSSR count). The highest BCUT2D eigenvalue weighted by Gasteiger charge is 2.28. The number of carbonyl (C=O) groups is 1. The fraction of sp³-hybridized carbons (Fsp3) is 0.333. The van der Waals surface area contributed by atoms with E-state index in [2.05, 4.69) is 15.6 Å². The molecule has 1 aliphatic carbocycles. The lowest BCUT2D eigenvalue weighted by Crippen LogP contribution is -2.29. The molecular formula is C15H16FN3OS. The summed E-state index contributed by atoms with van der Waals surface area (Å²) in [5.74, 6) is 0.150. The van der Waals surface area contributed by atoms with Gasteiger partial charge in [-0.2, -0.15) is 0 Å². The summed E-state index contributed by atoms with van der Waals surface area (Å²) in [5.41, 5.74) is 1.72. The van der Waals surface area contributed by atoms with Crippen molar-refractivity contribution in [3.63, 3.8) is 0 Å². The number of carbonyl (C=O) groups excluding carboxylic acids is 1. The van der Waals surface area contributed by atoms with Crippen LogP contribution in [0.3, 0.4) is 0 Å². The molecule has 1 amide bonds. The summed E-state index contributed by atoms with van der Waals surface area (Å²) in [4.78, 5) is 15.9. The lowest BCUT2D eigenvalue weighted by atomic mass is 10.2. The van der Waals surface area contributed by atoms with Crippen LogP contribution in [-0.2, 0) is 4.79 Å². The average Bonchev–Trinajstić information content (AvgIpc) is 3.24. The van der Waals surface area contributed by atoms with E-state index in [0.717, 1.165) is 29.2 Å². The van der Waals surface area contributed by atoms with Crippen LogP contribution >= 0.6 is 11.3 Å². The zero-order valence-electron chi connectivity index (χ0n) is 11.4. The van der Waals surface area contributed by atoms with Crippen molar-refractivity contribution in [3.8, 4) is 11.3 Å². The van der Waals surface area contributed by atoms with Crippen LogP contribution < -0.4 is 10.6 Å². The molecule has 1 saturated carbocycles. The number of nitrogens with zero attached hydrogens (tertiary/aromatic N) is 1. The van der Waals surface area contributed by atoms with Crippen LogP contribution in [0.2, 0.25) is 0 Å². The molecule has 2 N–H and O–H groups in total. The molecule has 21 heavy (non-hydrogen) atoms. The van der Waals surface area contributed by atoms with Gasteiger partial charge in [0.2, 0.25) is 5.91 Å². The molecule has 110 valence electrons. The van der Waals surface area contributed by atoms with Gasteiger partial charge in [0, 0.05) is 30.0 Å². The van der Waals surface area contributed by atoms with Crippen molar-refractivity contribution in [2.45, 2.75) is 12.8 Å². The van der Waals surface area contributed by atoms with E-state index in [1.54, 1.807) is 12.1 Å². The Hall–Kier alpha value is -1.95. The van der Waals surface area contributed by atoms with E-state index in [-0.39, 0.29) is 17.6 Å². The number of aromatic nitrogens is 1. The smallest absolute Gasteiger partial charge is 0.223 e. The van der Waals surface area contributed by atoms with Crippen LogP contribution in [0.25, 0.3) is 11.3 Å². The van der Waals surface area contributed by atoms with Crippen LogP contribution in [0.5, 0.6) is 0 Å². The van der Waals surface area contributed by atoms with E-state index >= 15 is 0 Å². The van der Waals surface area contributed by atoms with Gasteiger partial charge < -0.3 is 10.6 Å². The summed E-state index contributed by atoms with van der Waals surface area (Å²) < 4.78 is 12.9. The van der Waals surface area contributed by atoms with Crippen LogP contribution in [-0.4, -0.2) is 24.0 Å². The summed E-state index contributed by atoms with van der Waals surface area (Å²) >= 11 is 1.50. The number of anilines is 1. The van der Waals surface area contributed by atoms with Gasteiger partial charge in [-0.3, -0.25) is 4.79 Å². The van der Waals surface area contributed by atoms with E-state index in [9.17, 15) is 9.18 Å². The van der Waals surface area contributed by atoms with Gasteiger partial charge in [0.05, 0.1) is 5.69 Å². The number of halogens is 1. The maximum absolute atomic E-state index is 12.9. The Labute approximate surface area is 126 Å². The molecular weight excluding hydrogens is 289 g/mol. The monoisotopic (exact) mass is 305 g/mol. The normalized spacial score (nSPS) is 14.0. The maximum Gasteiger partial charge on any atom is 0.223 e. The van der Waals surface area contributed by atoms with Gasteiger partial charge in [0.25, 0.3) is 0 Å². The third kappa shape index (κ3) is 3.78. The fourth-order valence-corrected chi connectivity index (χ4v) is 2.70. The number of hydrogen-bond acceptors (Lipinski definition) is 4. The van der Waals surface area contributed by atoms with Crippen LogP contribution in [0.1, 0.15) is 12.8 Å². The molecule has 1 heterocycles. The first kappa shape index (κ1) is 14.0. The molecule has 0 saturated heterocycles. The lowest BCUT2D eigenvalue weighted by molar-refractivity contribution is -0.122. The summed E-state index contributed by atoms with van der Waals surface area (Å²) in [6.07, 6.45) is 2.04. The summed E-state index contributed by atoms with van der Waals surface area (Å²) in [6, 6.07) is 6.28. The van der Waals surface area contributed by atoms with Crippen molar-refractivity contribution in [1.29, 1.82) is 0 Å². The Kier molecular flexibility index (Phi) is 4.15. The quantitative estimate of drug-likeness (QED) is 0.807. The van der Waals surface area contributed by atoms with Gasteiger partial charge in [-0.15, -0.1) is 11.3 Å². The third-order valence-corrected chi connectivity index (χ3v) is 4.09. The Morgan fingerprint density at radius 1 is 1.29 bits per heavy atom. The first-order valence-corrected chi connectivity index (χ1v) is 7.83. The number of rotatable bonds is 6. The minimum Gasteiger partial charge on any atom is -0.360 e. The van der Waals surface area contributed by atoms with Crippen molar-refractivity contribution in [2.75, 3.05) is 18.4 Å². The lowest BCUT2D eigenvalue weighted by Gasteiger charge is -2.04. The number of benzene rings is 1. The molecule has 1 fully saturated rings. The molecule has 0 atom stereocenters. The van der Waals surface area contributed by atoms with Crippen molar-refractivity contribution < 1.29 is 9.18 Å². The van der Waals surface area contributed by atoms with Crippen molar-refractivity contribution in [1.82, 2.24) is 10.3 Å². The highest BCUT2D eigenvalue weighted by Crippen LogP contribution is 2.28. The first-order chi connectivity index (χ1) is 10.2. The van der Waals surface area contributed by atoms with Crippen LogP contribution in [0.4, 0.5) is 9.52 Å². The molecule has 4 nitrogen and oxygen atoms in total. The second-order valence-corrected chi connectivity index (χ2v) is 5.89. The molecule has 6 heteroatoms. The van der Waals surface area contributed by atoms with E-state index in [0.29, 0.717) is 13.1 Å². The van der Waals surface area contributed by atoms with Gasteiger partial charge in [-0.25, -0.2) is 9.37 Å². The zero-order valence-corrected chi connectivity index (χ0v) is 12.3. The van der Waals surface area contributed by atoms with Gasteiger partial charge in [-0.1, -0.05) is 0 Å². The van der Waals surface area contributed by atoms with Crippen LogP contribution in [0.15, 0.2) is 29.6 Å². The van der Waals surface area contributed by atoms with Gasteiger partial charge in [0.15, 0.2) is 5.13 Å². The molecule has 1 aromatic carbocycles. The van der Waals surface area contributed by atoms with E-state index in [1.807, 2.05) is 5.38 Å². The minimum atomic E-state index is -0.251. The Morgan fingerprint density at radius 2 is 2.05 bits per heavy atom. The minimum absolute atomic E-state index is 0.155. The average molecular weight is 305 g/mol. The Morgan fingerprint density at radius 3 is 2.76 bits per heavy atom. The summed E-state index contributed by atoms with van der Waals surface area (Å²) in [5, 5.41) is 8.80. The number of thiazole rings is 1. The number of hydrogen-bond donors (Lipinski definition) is 2. The molecule has 1 aromatic heterocycles. The fourth-order valence-electron chi connectivity index (χ4n) is 1.95. The summed E-state index contributed by atoms with van der Waals surface area (Å²) in [7, 11) is 0. The molecule has 0 bridgehead atoms.